The predicted octanol–water partition coefficient (Wildman–Crippen LogP) is 4.31. The molecule has 3 rings (SSSR count). The lowest BCUT2D eigenvalue weighted by molar-refractivity contribution is 0.0994. The standard InChI is InChI=1S/C17H12ClNO/c18-16-8-4-2-5-12(16)9-17(20)15-11-19-10-13-6-1-3-7-14(13)15/h1-8,10-11H,9H2. The maximum absolute atomic E-state index is 12.5. The highest BCUT2D eigenvalue weighted by Crippen LogP contribution is 2.21. The average molecular weight is 282 g/mol. The van der Waals surface area contributed by atoms with Crippen molar-refractivity contribution in [2.45, 2.75) is 6.42 Å². The number of rotatable bonds is 3. The highest BCUT2D eigenvalue weighted by molar-refractivity contribution is 6.31. The Kier molecular flexibility index (Phi) is 3.48. The van der Waals surface area contributed by atoms with Gasteiger partial charge in [0.15, 0.2) is 5.78 Å². The minimum absolute atomic E-state index is 0.0300. The predicted molar refractivity (Wildman–Crippen MR) is 81.2 cm³/mol. The van der Waals surface area contributed by atoms with Crippen molar-refractivity contribution in [1.29, 1.82) is 0 Å². The van der Waals surface area contributed by atoms with Crippen molar-refractivity contribution in [2.24, 2.45) is 0 Å². The molecule has 0 bridgehead atoms. The molecule has 20 heavy (non-hydrogen) atoms. The molecule has 2 aromatic carbocycles. The van der Waals surface area contributed by atoms with E-state index in [0.29, 0.717) is 10.6 Å². The van der Waals surface area contributed by atoms with Gasteiger partial charge in [-0.3, -0.25) is 9.78 Å². The highest BCUT2D eigenvalue weighted by atomic mass is 35.5. The molecule has 0 radical (unpaired) electrons. The zero-order chi connectivity index (χ0) is 13.9. The van der Waals surface area contributed by atoms with Crippen molar-refractivity contribution in [2.75, 3.05) is 0 Å². The van der Waals surface area contributed by atoms with E-state index in [-0.39, 0.29) is 12.2 Å². The van der Waals surface area contributed by atoms with E-state index in [1.165, 1.54) is 0 Å². The van der Waals surface area contributed by atoms with Gasteiger partial charge < -0.3 is 0 Å². The summed E-state index contributed by atoms with van der Waals surface area (Å²) in [5.41, 5.74) is 1.48. The second kappa shape index (κ2) is 5.43. The molecule has 0 spiro atoms. The lowest BCUT2D eigenvalue weighted by Crippen LogP contribution is -2.05. The third kappa shape index (κ3) is 2.43. The molecule has 0 saturated heterocycles. The fourth-order valence-electron chi connectivity index (χ4n) is 2.25. The zero-order valence-electron chi connectivity index (χ0n) is 10.7. The third-order valence-corrected chi connectivity index (χ3v) is 3.65. The summed E-state index contributed by atoms with van der Waals surface area (Å²) in [7, 11) is 0. The number of carbonyl (C=O) groups is 1. The average Bonchev–Trinajstić information content (AvgIpc) is 2.49. The number of fused-ring (bicyclic) bond motifs is 1. The molecule has 0 N–H and O–H groups in total. The molecular formula is C17H12ClNO. The SMILES string of the molecule is O=C(Cc1ccccc1Cl)c1cncc2ccccc12. The van der Waals surface area contributed by atoms with Gasteiger partial charge in [0.2, 0.25) is 0 Å². The van der Waals surface area contributed by atoms with E-state index in [9.17, 15) is 4.79 Å². The van der Waals surface area contributed by atoms with Crippen LogP contribution in [-0.4, -0.2) is 10.8 Å². The van der Waals surface area contributed by atoms with E-state index >= 15 is 0 Å². The van der Waals surface area contributed by atoms with Crippen LogP contribution in [0.1, 0.15) is 15.9 Å². The first kappa shape index (κ1) is 12.8. The summed E-state index contributed by atoms with van der Waals surface area (Å²) >= 11 is 6.11. The Labute approximate surface area is 122 Å². The fourth-order valence-corrected chi connectivity index (χ4v) is 2.45. The minimum atomic E-state index is 0.0300. The Hall–Kier alpha value is -2.19. The topological polar surface area (TPSA) is 30.0 Å². The molecule has 0 aliphatic heterocycles. The second-order valence-electron chi connectivity index (χ2n) is 4.60. The Morgan fingerprint density at radius 2 is 1.75 bits per heavy atom. The summed E-state index contributed by atoms with van der Waals surface area (Å²) in [4.78, 5) is 16.6. The fraction of sp³-hybridized carbons (Fsp3) is 0.0588. The van der Waals surface area contributed by atoms with Gasteiger partial charge >= 0.3 is 0 Å². The number of benzene rings is 2. The number of Topliss-reactive ketones (excluding diaryl/α,β-unsaturated/α-hetero) is 1. The first-order valence-corrected chi connectivity index (χ1v) is 6.73. The summed E-state index contributed by atoms with van der Waals surface area (Å²) in [6.07, 6.45) is 3.68. The molecule has 0 amide bonds. The molecule has 0 fully saturated rings. The van der Waals surface area contributed by atoms with Crippen LogP contribution in [0.5, 0.6) is 0 Å². The maximum Gasteiger partial charge on any atom is 0.169 e. The summed E-state index contributed by atoms with van der Waals surface area (Å²) in [5, 5.41) is 2.52. The monoisotopic (exact) mass is 281 g/mol. The molecule has 0 aliphatic rings. The summed E-state index contributed by atoms with van der Waals surface area (Å²) in [5.74, 6) is 0.0300. The van der Waals surface area contributed by atoms with Crippen molar-refractivity contribution in [3.8, 4) is 0 Å². The van der Waals surface area contributed by atoms with Crippen LogP contribution < -0.4 is 0 Å². The van der Waals surface area contributed by atoms with Crippen LogP contribution in [0, 0.1) is 0 Å². The molecule has 1 aromatic heterocycles. The summed E-state index contributed by atoms with van der Waals surface area (Å²) in [6, 6.07) is 15.2. The van der Waals surface area contributed by atoms with Crippen LogP contribution in [0.3, 0.4) is 0 Å². The van der Waals surface area contributed by atoms with Crippen LogP contribution in [0.4, 0.5) is 0 Å². The highest BCUT2D eigenvalue weighted by Gasteiger charge is 2.12. The molecule has 0 saturated carbocycles. The van der Waals surface area contributed by atoms with Crippen molar-refractivity contribution in [3.63, 3.8) is 0 Å². The molecule has 3 aromatic rings. The summed E-state index contributed by atoms with van der Waals surface area (Å²) in [6.45, 7) is 0. The number of pyridine rings is 1. The maximum atomic E-state index is 12.5. The van der Waals surface area contributed by atoms with Crippen LogP contribution in [-0.2, 0) is 6.42 Å². The smallest absolute Gasteiger partial charge is 0.169 e. The molecule has 1 heterocycles. The van der Waals surface area contributed by atoms with Crippen LogP contribution in [0.25, 0.3) is 10.8 Å². The van der Waals surface area contributed by atoms with E-state index in [0.717, 1.165) is 16.3 Å². The second-order valence-corrected chi connectivity index (χ2v) is 5.01. The van der Waals surface area contributed by atoms with Crippen molar-refractivity contribution < 1.29 is 4.79 Å². The number of hydrogen-bond donors (Lipinski definition) is 0. The molecular weight excluding hydrogens is 270 g/mol. The number of aromatic nitrogens is 1. The van der Waals surface area contributed by atoms with Gasteiger partial charge in [0.05, 0.1) is 0 Å². The van der Waals surface area contributed by atoms with Crippen LogP contribution in [0.2, 0.25) is 5.02 Å². The van der Waals surface area contributed by atoms with Crippen molar-refractivity contribution >= 4 is 28.2 Å². The number of hydrogen-bond acceptors (Lipinski definition) is 2. The molecule has 0 atom stereocenters. The van der Waals surface area contributed by atoms with E-state index in [1.54, 1.807) is 18.5 Å². The Balaban J connectivity index is 1.99. The number of nitrogens with zero attached hydrogens (tertiary/aromatic N) is 1. The van der Waals surface area contributed by atoms with Crippen LogP contribution in [0.15, 0.2) is 60.9 Å². The van der Waals surface area contributed by atoms with Gasteiger partial charge in [0.25, 0.3) is 0 Å². The van der Waals surface area contributed by atoms with Crippen molar-refractivity contribution in [3.05, 3.63) is 77.1 Å². The number of halogens is 1. The Bertz CT molecular complexity index is 777. The van der Waals surface area contributed by atoms with Gasteiger partial charge in [-0.25, -0.2) is 0 Å². The quantitative estimate of drug-likeness (QED) is 0.670. The van der Waals surface area contributed by atoms with Crippen molar-refractivity contribution in [1.82, 2.24) is 4.98 Å². The van der Waals surface area contributed by atoms with E-state index < -0.39 is 0 Å². The first-order valence-electron chi connectivity index (χ1n) is 6.35. The number of carbonyl (C=O) groups excluding carboxylic acids is 1. The van der Waals surface area contributed by atoms with Gasteiger partial charge in [0, 0.05) is 34.8 Å². The molecule has 0 aliphatic carbocycles. The molecule has 3 heteroatoms. The number of ketones is 1. The van der Waals surface area contributed by atoms with Gasteiger partial charge in [-0.15, -0.1) is 0 Å². The Morgan fingerprint density at radius 3 is 2.60 bits per heavy atom. The van der Waals surface area contributed by atoms with Gasteiger partial charge in [-0.05, 0) is 17.0 Å². The van der Waals surface area contributed by atoms with Gasteiger partial charge in [-0.2, -0.15) is 0 Å². The molecule has 98 valence electrons. The third-order valence-electron chi connectivity index (χ3n) is 3.28. The zero-order valence-corrected chi connectivity index (χ0v) is 11.5. The Morgan fingerprint density at radius 1 is 1.00 bits per heavy atom. The largest absolute Gasteiger partial charge is 0.294 e. The normalized spacial score (nSPS) is 10.7. The van der Waals surface area contributed by atoms with E-state index in [4.69, 9.17) is 11.6 Å². The lowest BCUT2D eigenvalue weighted by Gasteiger charge is -2.06. The lowest BCUT2D eigenvalue weighted by atomic mass is 10.00. The minimum Gasteiger partial charge on any atom is -0.294 e. The summed E-state index contributed by atoms with van der Waals surface area (Å²) < 4.78 is 0. The first-order chi connectivity index (χ1) is 9.75. The molecule has 0 unspecified atom stereocenters. The van der Waals surface area contributed by atoms with Crippen LogP contribution >= 0.6 is 11.6 Å². The van der Waals surface area contributed by atoms with E-state index in [1.807, 2.05) is 42.5 Å². The van der Waals surface area contributed by atoms with Gasteiger partial charge in [-0.1, -0.05) is 54.1 Å². The van der Waals surface area contributed by atoms with Gasteiger partial charge in [0.1, 0.15) is 0 Å². The molecule has 2 nitrogen and oxygen atoms in total. The van der Waals surface area contributed by atoms with E-state index in [2.05, 4.69) is 4.98 Å².